The van der Waals surface area contributed by atoms with Gasteiger partial charge in [0.1, 0.15) is 11.1 Å². The van der Waals surface area contributed by atoms with E-state index in [1.807, 2.05) is 21.0 Å². The minimum Gasteiger partial charge on any atom is -0.465 e. The highest BCUT2D eigenvalue weighted by atomic mass is 32.1. The van der Waals surface area contributed by atoms with Gasteiger partial charge in [0.15, 0.2) is 0 Å². The minimum absolute atomic E-state index is 0.129. The molecule has 0 aromatic carbocycles. The molecular weight excluding hydrogens is 248 g/mol. The van der Waals surface area contributed by atoms with Crippen molar-refractivity contribution in [3.63, 3.8) is 0 Å². The molecule has 0 spiro atoms. The van der Waals surface area contributed by atoms with Crippen LogP contribution in [0.1, 0.15) is 25.8 Å². The molecule has 0 radical (unpaired) electrons. The van der Waals surface area contributed by atoms with Crippen LogP contribution in [-0.4, -0.2) is 48.4 Å². The summed E-state index contributed by atoms with van der Waals surface area (Å²) in [5, 5.41) is 13.1. The quantitative estimate of drug-likeness (QED) is 0.779. The van der Waals surface area contributed by atoms with Gasteiger partial charge in [0.2, 0.25) is 0 Å². The third kappa shape index (κ3) is 6.28. The van der Waals surface area contributed by atoms with Crippen LogP contribution in [0, 0.1) is 5.92 Å². The lowest BCUT2D eigenvalue weighted by atomic mass is 10.2. The lowest BCUT2D eigenvalue weighted by Crippen LogP contribution is -2.27. The number of hydrogen-bond donors (Lipinski definition) is 1. The molecule has 1 rings (SSSR count). The van der Waals surface area contributed by atoms with Crippen molar-refractivity contribution < 1.29 is 4.74 Å². The summed E-state index contributed by atoms with van der Waals surface area (Å²) in [4.78, 5) is 2.09. The Morgan fingerprint density at radius 2 is 2.00 bits per heavy atom. The standard InChI is InChI=1S/C12H24N4OS/c1-9(2)6-13-7-11-14-15-12(18-11)17-10(3)8-16(4)5/h9-10,13H,6-8H2,1-5H3. The van der Waals surface area contributed by atoms with Crippen LogP contribution in [0.4, 0.5) is 0 Å². The SMILES string of the molecule is CC(C)CNCc1nnc(OC(C)CN(C)C)s1. The van der Waals surface area contributed by atoms with Crippen molar-refractivity contribution in [2.24, 2.45) is 5.92 Å². The molecular formula is C12H24N4OS. The molecule has 0 saturated carbocycles. The summed E-state index contributed by atoms with van der Waals surface area (Å²) in [6, 6.07) is 0. The van der Waals surface area contributed by atoms with Crippen molar-refractivity contribution in [1.82, 2.24) is 20.4 Å². The van der Waals surface area contributed by atoms with E-state index < -0.39 is 0 Å². The van der Waals surface area contributed by atoms with Crippen molar-refractivity contribution in [2.45, 2.75) is 33.4 Å². The molecule has 6 heteroatoms. The molecule has 1 aromatic heterocycles. The minimum atomic E-state index is 0.129. The maximum Gasteiger partial charge on any atom is 0.294 e. The van der Waals surface area contributed by atoms with Gasteiger partial charge in [0, 0.05) is 13.1 Å². The summed E-state index contributed by atoms with van der Waals surface area (Å²) < 4.78 is 5.71. The van der Waals surface area contributed by atoms with Crippen LogP contribution in [0.15, 0.2) is 0 Å². The average molecular weight is 272 g/mol. The Bertz CT molecular complexity index is 341. The normalized spacial score (nSPS) is 13.3. The Hall–Kier alpha value is -0.720. The number of aromatic nitrogens is 2. The van der Waals surface area contributed by atoms with Crippen LogP contribution in [0.25, 0.3) is 0 Å². The summed E-state index contributed by atoms with van der Waals surface area (Å²) in [5.41, 5.74) is 0. The van der Waals surface area contributed by atoms with Crippen molar-refractivity contribution >= 4 is 11.3 Å². The van der Waals surface area contributed by atoms with E-state index in [9.17, 15) is 0 Å². The van der Waals surface area contributed by atoms with Gasteiger partial charge in [0.25, 0.3) is 5.19 Å². The van der Waals surface area contributed by atoms with Crippen molar-refractivity contribution in [1.29, 1.82) is 0 Å². The van der Waals surface area contributed by atoms with Crippen LogP contribution in [-0.2, 0) is 6.54 Å². The zero-order valence-corrected chi connectivity index (χ0v) is 12.8. The topological polar surface area (TPSA) is 50.3 Å². The van der Waals surface area contributed by atoms with E-state index in [2.05, 4.69) is 34.3 Å². The molecule has 1 aromatic rings. The van der Waals surface area contributed by atoms with Gasteiger partial charge in [0.05, 0.1) is 0 Å². The number of nitrogens with one attached hydrogen (secondary N) is 1. The van der Waals surface area contributed by atoms with E-state index in [1.54, 1.807) is 0 Å². The monoisotopic (exact) mass is 272 g/mol. The molecule has 0 aliphatic rings. The molecule has 18 heavy (non-hydrogen) atoms. The first-order valence-corrected chi connectivity index (χ1v) is 7.13. The number of nitrogens with zero attached hydrogens (tertiary/aromatic N) is 3. The Labute approximate surface area is 114 Å². The van der Waals surface area contributed by atoms with Crippen molar-refractivity contribution in [3.05, 3.63) is 5.01 Å². The second kappa shape index (κ2) is 7.66. The second-order valence-electron chi connectivity index (χ2n) is 5.18. The summed E-state index contributed by atoms with van der Waals surface area (Å²) in [7, 11) is 4.06. The zero-order valence-electron chi connectivity index (χ0n) is 11.9. The van der Waals surface area contributed by atoms with Crippen molar-refractivity contribution in [3.8, 4) is 5.19 Å². The largest absolute Gasteiger partial charge is 0.465 e. The predicted molar refractivity (Wildman–Crippen MR) is 75.1 cm³/mol. The third-order valence-electron chi connectivity index (χ3n) is 2.20. The number of rotatable bonds is 8. The first-order chi connectivity index (χ1) is 8.47. The summed E-state index contributed by atoms with van der Waals surface area (Å²) in [5.74, 6) is 0.647. The van der Waals surface area contributed by atoms with Crippen molar-refractivity contribution in [2.75, 3.05) is 27.2 Å². The maximum absolute atomic E-state index is 5.71. The van der Waals surface area contributed by atoms with Gasteiger partial charge in [-0.05, 0) is 33.5 Å². The molecule has 1 heterocycles. The summed E-state index contributed by atoms with van der Waals surface area (Å²) in [6.45, 7) is 9.04. The lowest BCUT2D eigenvalue weighted by Gasteiger charge is -2.16. The highest BCUT2D eigenvalue weighted by Crippen LogP contribution is 2.19. The number of ether oxygens (including phenoxy) is 1. The molecule has 0 bridgehead atoms. The second-order valence-corrected chi connectivity index (χ2v) is 6.20. The first-order valence-electron chi connectivity index (χ1n) is 6.32. The molecule has 0 aliphatic carbocycles. The van der Waals surface area contributed by atoms with Gasteiger partial charge in [-0.2, -0.15) is 0 Å². The molecule has 0 aliphatic heterocycles. The highest BCUT2D eigenvalue weighted by molar-refractivity contribution is 7.13. The van der Waals surface area contributed by atoms with Crippen LogP contribution < -0.4 is 10.1 Å². The van der Waals surface area contributed by atoms with Crippen LogP contribution in [0.3, 0.4) is 0 Å². The fourth-order valence-corrected chi connectivity index (χ4v) is 2.30. The first kappa shape index (κ1) is 15.3. The summed E-state index contributed by atoms with van der Waals surface area (Å²) >= 11 is 1.51. The van der Waals surface area contributed by atoms with Crippen LogP contribution in [0.5, 0.6) is 5.19 Å². The fourth-order valence-electron chi connectivity index (χ4n) is 1.55. The van der Waals surface area contributed by atoms with Crippen LogP contribution >= 0.6 is 11.3 Å². The Morgan fingerprint density at radius 3 is 2.61 bits per heavy atom. The number of likely N-dealkylation sites (N-methyl/N-ethyl adjacent to an activating group) is 1. The Balaban J connectivity index is 2.33. The predicted octanol–water partition coefficient (Wildman–Crippen LogP) is 1.61. The lowest BCUT2D eigenvalue weighted by molar-refractivity contribution is 0.175. The van der Waals surface area contributed by atoms with Gasteiger partial charge in [-0.25, -0.2) is 0 Å². The molecule has 104 valence electrons. The van der Waals surface area contributed by atoms with E-state index >= 15 is 0 Å². The molecule has 1 N–H and O–H groups in total. The van der Waals surface area contributed by atoms with E-state index in [-0.39, 0.29) is 6.10 Å². The van der Waals surface area contributed by atoms with Gasteiger partial charge in [-0.15, -0.1) is 5.10 Å². The number of hydrogen-bond acceptors (Lipinski definition) is 6. The van der Waals surface area contributed by atoms with E-state index in [4.69, 9.17) is 4.74 Å². The van der Waals surface area contributed by atoms with Gasteiger partial charge >= 0.3 is 0 Å². The molecule has 1 unspecified atom stereocenters. The molecule has 0 amide bonds. The van der Waals surface area contributed by atoms with E-state index in [0.29, 0.717) is 11.1 Å². The highest BCUT2D eigenvalue weighted by Gasteiger charge is 2.10. The fraction of sp³-hybridized carbons (Fsp3) is 0.833. The Morgan fingerprint density at radius 1 is 1.28 bits per heavy atom. The van der Waals surface area contributed by atoms with E-state index in [0.717, 1.165) is 24.6 Å². The van der Waals surface area contributed by atoms with Gasteiger partial charge in [-0.3, -0.25) is 0 Å². The molecule has 1 atom stereocenters. The van der Waals surface area contributed by atoms with Gasteiger partial charge < -0.3 is 15.0 Å². The Kier molecular flexibility index (Phi) is 6.52. The molecule has 0 saturated heterocycles. The van der Waals surface area contributed by atoms with Gasteiger partial charge in [-0.1, -0.05) is 30.3 Å². The third-order valence-corrected chi connectivity index (χ3v) is 3.02. The summed E-state index contributed by atoms with van der Waals surface area (Å²) in [6.07, 6.45) is 0.129. The van der Waals surface area contributed by atoms with Crippen LogP contribution in [0.2, 0.25) is 0 Å². The average Bonchev–Trinajstić information content (AvgIpc) is 2.63. The molecule has 5 nitrogen and oxygen atoms in total. The smallest absolute Gasteiger partial charge is 0.294 e. The zero-order chi connectivity index (χ0) is 13.5. The maximum atomic E-state index is 5.71. The molecule has 0 fully saturated rings. The van der Waals surface area contributed by atoms with E-state index in [1.165, 1.54) is 11.3 Å².